The fourth-order valence-electron chi connectivity index (χ4n) is 9.15. The molecule has 0 bridgehead atoms. The summed E-state index contributed by atoms with van der Waals surface area (Å²) in [6.07, 6.45) is 2.22. The van der Waals surface area contributed by atoms with Crippen LogP contribution in [0.5, 0.6) is 0 Å². The van der Waals surface area contributed by atoms with E-state index in [0.29, 0.717) is 0 Å². The monoisotopic (exact) mass is 759 g/mol. The molecule has 0 radical (unpaired) electrons. The Balaban J connectivity index is 1.04. The van der Waals surface area contributed by atoms with Gasteiger partial charge in [-0.05, 0) is 93.0 Å². The number of benzene rings is 8. The minimum absolute atomic E-state index is 0.0501. The van der Waals surface area contributed by atoms with Gasteiger partial charge in [0.15, 0.2) is 0 Å². The number of rotatable bonds is 7. The van der Waals surface area contributed by atoms with Crippen molar-refractivity contribution in [2.75, 3.05) is 4.90 Å². The highest BCUT2D eigenvalue weighted by Crippen LogP contribution is 2.51. The summed E-state index contributed by atoms with van der Waals surface area (Å²) in [4.78, 5) is 7.62. The standard InChI is InChI=1S/C55H41N3O/c1-55(2)47-23-13-12-21-43(47)44-31-29-41(33-48(44)55)58(40-27-25-37(26-28-40)36-15-6-3-7-16-36)42-30-32-45-52(34-42)59-51-24-14-22-46(53(45)51)54-56-49(38-17-8-4-9-18-38)35-50(57-54)39-19-10-5-11-20-39/h3-35,49H,1-2H3,(H,56,57). The Hall–Kier alpha value is -7.43. The normalized spacial score (nSPS) is 15.3. The van der Waals surface area contributed by atoms with Crippen LogP contribution in [0.25, 0.3) is 49.9 Å². The zero-order chi connectivity index (χ0) is 39.5. The van der Waals surface area contributed by atoms with Crippen LogP contribution in [0.4, 0.5) is 17.1 Å². The van der Waals surface area contributed by atoms with Crippen molar-refractivity contribution in [3.8, 4) is 22.3 Å². The third kappa shape index (κ3) is 5.95. The van der Waals surface area contributed by atoms with Crippen LogP contribution >= 0.6 is 0 Å². The second-order valence-electron chi connectivity index (χ2n) is 16.0. The van der Waals surface area contributed by atoms with E-state index in [2.05, 4.69) is 218 Å². The van der Waals surface area contributed by atoms with Gasteiger partial charge in [0, 0.05) is 44.9 Å². The topological polar surface area (TPSA) is 40.8 Å². The Morgan fingerprint density at radius 2 is 1.12 bits per heavy atom. The van der Waals surface area contributed by atoms with Crippen molar-refractivity contribution in [3.63, 3.8) is 0 Å². The number of fused-ring (bicyclic) bond motifs is 6. The van der Waals surface area contributed by atoms with Gasteiger partial charge < -0.3 is 14.6 Å². The minimum Gasteiger partial charge on any atom is -0.456 e. The molecule has 2 aliphatic rings. The summed E-state index contributed by atoms with van der Waals surface area (Å²) in [6, 6.07) is 69.0. The molecule has 0 saturated carbocycles. The van der Waals surface area contributed by atoms with E-state index in [1.165, 1.54) is 38.9 Å². The van der Waals surface area contributed by atoms with E-state index in [-0.39, 0.29) is 11.5 Å². The number of amidine groups is 1. The van der Waals surface area contributed by atoms with Gasteiger partial charge in [0.05, 0.1) is 11.7 Å². The fraction of sp³-hybridized carbons (Fsp3) is 0.0727. The number of nitrogens with one attached hydrogen (secondary N) is 1. The highest BCUT2D eigenvalue weighted by atomic mass is 16.3. The summed E-state index contributed by atoms with van der Waals surface area (Å²) in [5.41, 5.74) is 16.6. The molecule has 0 fully saturated rings. The first-order valence-corrected chi connectivity index (χ1v) is 20.3. The van der Waals surface area contributed by atoms with Gasteiger partial charge in [-0.25, -0.2) is 4.99 Å². The zero-order valence-corrected chi connectivity index (χ0v) is 32.9. The summed E-state index contributed by atoms with van der Waals surface area (Å²) in [5, 5.41) is 5.86. The van der Waals surface area contributed by atoms with E-state index >= 15 is 0 Å². The Morgan fingerprint density at radius 1 is 0.508 bits per heavy atom. The average Bonchev–Trinajstić information content (AvgIpc) is 3.78. The van der Waals surface area contributed by atoms with Gasteiger partial charge in [-0.1, -0.05) is 159 Å². The Bertz CT molecular complexity index is 3090. The van der Waals surface area contributed by atoms with E-state index in [0.717, 1.165) is 61.7 Å². The van der Waals surface area contributed by atoms with E-state index in [1.54, 1.807) is 0 Å². The van der Waals surface area contributed by atoms with Crippen LogP contribution in [-0.2, 0) is 5.41 Å². The maximum Gasteiger partial charge on any atom is 0.137 e. The number of aliphatic imine (C=N–C) groups is 1. The van der Waals surface area contributed by atoms with E-state index in [9.17, 15) is 0 Å². The van der Waals surface area contributed by atoms with Crippen LogP contribution in [0.3, 0.4) is 0 Å². The van der Waals surface area contributed by atoms with Crippen molar-refractivity contribution < 1.29 is 4.42 Å². The van der Waals surface area contributed by atoms with Crippen LogP contribution in [0.2, 0.25) is 0 Å². The van der Waals surface area contributed by atoms with Crippen LogP contribution in [0, 0.1) is 0 Å². The second kappa shape index (κ2) is 13.9. The molecule has 2 heterocycles. The van der Waals surface area contributed by atoms with Crippen molar-refractivity contribution in [2.24, 2.45) is 4.99 Å². The quantitative estimate of drug-likeness (QED) is 0.176. The lowest BCUT2D eigenvalue weighted by atomic mass is 9.82. The molecule has 1 atom stereocenters. The van der Waals surface area contributed by atoms with Gasteiger partial charge in [-0.15, -0.1) is 0 Å². The predicted octanol–water partition coefficient (Wildman–Crippen LogP) is 14.2. The maximum atomic E-state index is 6.77. The van der Waals surface area contributed by atoms with Crippen LogP contribution in [0.1, 0.15) is 47.7 Å². The van der Waals surface area contributed by atoms with Gasteiger partial charge in [0.25, 0.3) is 0 Å². The number of hydrogen-bond acceptors (Lipinski definition) is 4. The third-order valence-corrected chi connectivity index (χ3v) is 12.1. The van der Waals surface area contributed by atoms with Crippen LogP contribution < -0.4 is 10.2 Å². The molecule has 1 N–H and O–H groups in total. The van der Waals surface area contributed by atoms with Crippen LogP contribution in [-0.4, -0.2) is 5.84 Å². The molecule has 282 valence electrons. The molecule has 59 heavy (non-hydrogen) atoms. The van der Waals surface area contributed by atoms with Crippen molar-refractivity contribution in [1.29, 1.82) is 0 Å². The van der Waals surface area contributed by atoms with Gasteiger partial charge in [-0.2, -0.15) is 0 Å². The minimum atomic E-state index is -0.130. The molecule has 1 aromatic heterocycles. The largest absolute Gasteiger partial charge is 0.456 e. The molecular weight excluding hydrogens is 719 g/mol. The fourth-order valence-corrected chi connectivity index (χ4v) is 9.15. The molecule has 1 unspecified atom stereocenters. The number of anilines is 3. The van der Waals surface area contributed by atoms with E-state index in [4.69, 9.17) is 9.41 Å². The Morgan fingerprint density at radius 3 is 1.90 bits per heavy atom. The summed E-state index contributed by atoms with van der Waals surface area (Å²) in [7, 11) is 0. The molecule has 1 aliphatic heterocycles. The molecule has 4 nitrogen and oxygen atoms in total. The molecule has 0 amide bonds. The average molecular weight is 760 g/mol. The van der Waals surface area contributed by atoms with Crippen molar-refractivity contribution in [1.82, 2.24) is 5.32 Å². The lowest BCUT2D eigenvalue weighted by Gasteiger charge is -2.28. The van der Waals surface area contributed by atoms with Crippen molar-refractivity contribution in [3.05, 3.63) is 228 Å². The molecule has 0 saturated heterocycles. The molecule has 11 rings (SSSR count). The van der Waals surface area contributed by atoms with Gasteiger partial charge >= 0.3 is 0 Å². The second-order valence-corrected chi connectivity index (χ2v) is 16.0. The summed E-state index contributed by atoms with van der Waals surface area (Å²) in [5.74, 6) is 0.819. The number of furan rings is 1. The first-order valence-electron chi connectivity index (χ1n) is 20.3. The maximum absolute atomic E-state index is 6.77. The first kappa shape index (κ1) is 34.8. The first-order chi connectivity index (χ1) is 29.0. The van der Waals surface area contributed by atoms with Crippen LogP contribution in [0.15, 0.2) is 210 Å². The molecule has 4 heteroatoms. The Labute approximate surface area is 344 Å². The third-order valence-electron chi connectivity index (χ3n) is 12.1. The summed E-state index contributed by atoms with van der Waals surface area (Å²) in [6.45, 7) is 4.68. The number of nitrogens with zero attached hydrogens (tertiary/aromatic N) is 2. The van der Waals surface area contributed by atoms with Gasteiger partial charge in [0.2, 0.25) is 0 Å². The smallest absolute Gasteiger partial charge is 0.137 e. The van der Waals surface area contributed by atoms with Gasteiger partial charge in [-0.3, -0.25) is 0 Å². The zero-order valence-electron chi connectivity index (χ0n) is 32.9. The predicted molar refractivity (Wildman–Crippen MR) is 245 cm³/mol. The lowest BCUT2D eigenvalue weighted by molar-refractivity contribution is 0.660. The lowest BCUT2D eigenvalue weighted by Crippen LogP contribution is -2.31. The summed E-state index contributed by atoms with van der Waals surface area (Å²) >= 11 is 0. The molecule has 0 spiro atoms. The molecule has 1 aliphatic carbocycles. The molecule has 8 aromatic carbocycles. The number of hydrogen-bond donors (Lipinski definition) is 1. The van der Waals surface area contributed by atoms with E-state index in [1.807, 2.05) is 6.07 Å². The van der Waals surface area contributed by atoms with Crippen molar-refractivity contribution in [2.45, 2.75) is 25.3 Å². The molecule has 9 aromatic rings. The highest BCUT2D eigenvalue weighted by molar-refractivity contribution is 6.19. The molecular formula is C55H41N3O. The van der Waals surface area contributed by atoms with Gasteiger partial charge in [0.1, 0.15) is 17.0 Å². The van der Waals surface area contributed by atoms with Crippen molar-refractivity contribution >= 4 is 50.5 Å². The highest BCUT2D eigenvalue weighted by Gasteiger charge is 2.36. The summed E-state index contributed by atoms with van der Waals surface area (Å²) < 4.78 is 6.77. The van der Waals surface area contributed by atoms with E-state index < -0.39 is 0 Å². The SMILES string of the molecule is CC1(C)c2ccccc2-c2ccc(N(c3ccc(-c4ccccc4)cc3)c3ccc4c(c3)oc3cccc(C5=NC(c6ccccc6)=CC(c6ccccc6)N5)c34)cc21. The Kier molecular flexibility index (Phi) is 8.19.